The molecule has 0 aliphatic carbocycles. The van der Waals surface area contributed by atoms with Gasteiger partial charge in [-0.3, -0.25) is 0 Å². The number of amides is 1. The molecular formula is C14H19NO3. The quantitative estimate of drug-likeness (QED) is 0.808. The number of ether oxygens (including phenoxy) is 2. The number of nitrogens with zero attached hydrogens (tertiary/aromatic N) is 1. The summed E-state index contributed by atoms with van der Waals surface area (Å²) >= 11 is 0. The summed E-state index contributed by atoms with van der Waals surface area (Å²) in [7, 11) is 1.41. The summed E-state index contributed by atoms with van der Waals surface area (Å²) in [5, 5.41) is 0. The maximum Gasteiger partial charge on any atom is 0.409 e. The number of methoxy groups -OCH3 is 1. The lowest BCUT2D eigenvalue weighted by atomic mass is 10.1. The van der Waals surface area contributed by atoms with Crippen LogP contribution < -0.4 is 4.74 Å². The highest BCUT2D eigenvalue weighted by Crippen LogP contribution is 2.19. The lowest BCUT2D eigenvalue weighted by molar-refractivity contribution is 0.0791. The first-order chi connectivity index (χ1) is 8.69. The first-order valence-electron chi connectivity index (χ1n) is 6.25. The van der Waals surface area contributed by atoms with Gasteiger partial charge in [-0.25, -0.2) is 4.79 Å². The lowest BCUT2D eigenvalue weighted by Crippen LogP contribution is -2.41. The number of rotatable bonds is 2. The Hall–Kier alpha value is -1.71. The average Bonchev–Trinajstić information content (AvgIpc) is 2.41. The number of aryl methyl sites for hydroxylation is 1. The molecule has 2 rings (SSSR count). The Morgan fingerprint density at radius 3 is 2.39 bits per heavy atom. The van der Waals surface area contributed by atoms with E-state index >= 15 is 0 Å². The van der Waals surface area contributed by atoms with Crippen molar-refractivity contribution in [1.29, 1.82) is 0 Å². The molecule has 1 aromatic rings. The molecule has 0 N–H and O–H groups in total. The van der Waals surface area contributed by atoms with Crippen LogP contribution in [0.2, 0.25) is 0 Å². The maximum atomic E-state index is 11.3. The molecule has 4 nitrogen and oxygen atoms in total. The van der Waals surface area contributed by atoms with E-state index in [1.807, 2.05) is 24.3 Å². The largest absolute Gasteiger partial charge is 0.490 e. The van der Waals surface area contributed by atoms with Gasteiger partial charge in [-0.1, -0.05) is 17.7 Å². The van der Waals surface area contributed by atoms with Gasteiger partial charge in [0.05, 0.1) is 7.11 Å². The van der Waals surface area contributed by atoms with Gasteiger partial charge >= 0.3 is 6.09 Å². The summed E-state index contributed by atoms with van der Waals surface area (Å²) in [6.45, 7) is 3.45. The van der Waals surface area contributed by atoms with Crippen LogP contribution in [0.1, 0.15) is 18.4 Å². The molecule has 1 aliphatic heterocycles. The molecule has 1 saturated heterocycles. The van der Waals surface area contributed by atoms with E-state index in [9.17, 15) is 4.79 Å². The van der Waals surface area contributed by atoms with Gasteiger partial charge in [0.15, 0.2) is 0 Å². The first kappa shape index (κ1) is 12.7. The molecule has 1 aliphatic rings. The van der Waals surface area contributed by atoms with Gasteiger partial charge < -0.3 is 14.4 Å². The van der Waals surface area contributed by atoms with Gasteiger partial charge in [0.1, 0.15) is 11.9 Å². The number of carbonyl (C=O) groups excluding carboxylic acids is 1. The molecule has 1 heterocycles. The third kappa shape index (κ3) is 3.15. The maximum absolute atomic E-state index is 11.3. The Morgan fingerprint density at radius 1 is 1.22 bits per heavy atom. The van der Waals surface area contributed by atoms with E-state index < -0.39 is 0 Å². The molecule has 98 valence electrons. The molecule has 0 aromatic heterocycles. The molecule has 0 unspecified atom stereocenters. The predicted molar refractivity (Wildman–Crippen MR) is 68.8 cm³/mol. The van der Waals surface area contributed by atoms with Gasteiger partial charge in [0.2, 0.25) is 0 Å². The van der Waals surface area contributed by atoms with Crippen molar-refractivity contribution < 1.29 is 14.3 Å². The van der Waals surface area contributed by atoms with Crippen LogP contribution >= 0.6 is 0 Å². The van der Waals surface area contributed by atoms with Crippen LogP contribution in [0.3, 0.4) is 0 Å². The minimum atomic E-state index is -0.246. The Bertz CT molecular complexity index is 394. The van der Waals surface area contributed by atoms with Crippen molar-refractivity contribution in [3.05, 3.63) is 29.8 Å². The zero-order chi connectivity index (χ0) is 13.0. The van der Waals surface area contributed by atoms with Crippen molar-refractivity contribution in [2.75, 3.05) is 20.2 Å². The third-order valence-electron chi connectivity index (χ3n) is 3.20. The smallest absolute Gasteiger partial charge is 0.409 e. The molecule has 1 amide bonds. The van der Waals surface area contributed by atoms with E-state index in [1.54, 1.807) is 4.90 Å². The Kier molecular flexibility index (Phi) is 4.07. The minimum absolute atomic E-state index is 0.189. The van der Waals surface area contributed by atoms with E-state index in [2.05, 4.69) is 6.92 Å². The molecule has 0 saturated carbocycles. The van der Waals surface area contributed by atoms with Crippen LogP contribution in [-0.2, 0) is 4.74 Å². The van der Waals surface area contributed by atoms with Gasteiger partial charge in [0.25, 0.3) is 0 Å². The zero-order valence-electron chi connectivity index (χ0n) is 10.9. The van der Waals surface area contributed by atoms with Crippen molar-refractivity contribution in [2.24, 2.45) is 0 Å². The topological polar surface area (TPSA) is 38.8 Å². The second kappa shape index (κ2) is 5.76. The second-order valence-electron chi connectivity index (χ2n) is 4.59. The van der Waals surface area contributed by atoms with Gasteiger partial charge in [-0.2, -0.15) is 0 Å². The molecule has 0 spiro atoms. The van der Waals surface area contributed by atoms with E-state index in [-0.39, 0.29) is 12.2 Å². The summed E-state index contributed by atoms with van der Waals surface area (Å²) in [4.78, 5) is 13.0. The fourth-order valence-electron chi connectivity index (χ4n) is 2.09. The van der Waals surface area contributed by atoms with Crippen LogP contribution in [0.4, 0.5) is 4.79 Å². The summed E-state index contributed by atoms with van der Waals surface area (Å²) in [5.41, 5.74) is 1.22. The molecule has 0 bridgehead atoms. The number of carbonyl (C=O) groups is 1. The van der Waals surface area contributed by atoms with Gasteiger partial charge in [-0.05, 0) is 19.1 Å². The normalized spacial score (nSPS) is 16.4. The molecular weight excluding hydrogens is 230 g/mol. The molecule has 1 fully saturated rings. The number of likely N-dealkylation sites (tertiary alicyclic amines) is 1. The van der Waals surface area contributed by atoms with Crippen LogP contribution in [0.25, 0.3) is 0 Å². The van der Waals surface area contributed by atoms with Crippen molar-refractivity contribution in [3.63, 3.8) is 0 Å². The van der Waals surface area contributed by atoms with Crippen molar-refractivity contribution in [2.45, 2.75) is 25.9 Å². The van der Waals surface area contributed by atoms with Crippen molar-refractivity contribution in [1.82, 2.24) is 4.90 Å². The van der Waals surface area contributed by atoms with Gasteiger partial charge in [-0.15, -0.1) is 0 Å². The van der Waals surface area contributed by atoms with E-state index in [4.69, 9.17) is 9.47 Å². The summed E-state index contributed by atoms with van der Waals surface area (Å²) in [6, 6.07) is 8.06. The van der Waals surface area contributed by atoms with E-state index in [1.165, 1.54) is 12.7 Å². The molecule has 4 heteroatoms. The van der Waals surface area contributed by atoms with Crippen LogP contribution in [0.15, 0.2) is 24.3 Å². The molecule has 1 aromatic carbocycles. The number of hydrogen-bond acceptors (Lipinski definition) is 3. The summed E-state index contributed by atoms with van der Waals surface area (Å²) in [5.74, 6) is 0.900. The second-order valence-corrected chi connectivity index (χ2v) is 4.59. The van der Waals surface area contributed by atoms with Crippen LogP contribution in [0, 0.1) is 6.92 Å². The lowest BCUT2D eigenvalue weighted by Gasteiger charge is -2.31. The summed E-state index contributed by atoms with van der Waals surface area (Å²) < 4.78 is 10.6. The number of piperidine rings is 1. The van der Waals surface area contributed by atoms with Gasteiger partial charge in [0, 0.05) is 25.9 Å². The van der Waals surface area contributed by atoms with Crippen LogP contribution in [-0.4, -0.2) is 37.3 Å². The highest BCUT2D eigenvalue weighted by Gasteiger charge is 2.24. The van der Waals surface area contributed by atoms with E-state index in [0.717, 1.165) is 18.6 Å². The summed E-state index contributed by atoms with van der Waals surface area (Å²) in [6.07, 6.45) is 1.64. The highest BCUT2D eigenvalue weighted by molar-refractivity contribution is 5.67. The minimum Gasteiger partial charge on any atom is -0.490 e. The third-order valence-corrected chi connectivity index (χ3v) is 3.20. The predicted octanol–water partition coefficient (Wildman–Crippen LogP) is 2.60. The zero-order valence-corrected chi connectivity index (χ0v) is 10.9. The Labute approximate surface area is 107 Å². The number of hydrogen-bond donors (Lipinski definition) is 0. The first-order valence-corrected chi connectivity index (χ1v) is 6.25. The Morgan fingerprint density at radius 2 is 1.83 bits per heavy atom. The Balaban J connectivity index is 1.83. The van der Waals surface area contributed by atoms with Crippen molar-refractivity contribution >= 4 is 6.09 Å². The fraction of sp³-hybridized carbons (Fsp3) is 0.500. The standard InChI is InChI=1S/C14H19NO3/c1-11-3-5-12(6-4-11)18-13-7-9-15(10-8-13)14(16)17-2/h3-6,13H,7-10H2,1-2H3. The molecule has 0 radical (unpaired) electrons. The van der Waals surface area contributed by atoms with Crippen LogP contribution in [0.5, 0.6) is 5.75 Å². The van der Waals surface area contributed by atoms with Crippen molar-refractivity contribution in [3.8, 4) is 5.75 Å². The monoisotopic (exact) mass is 249 g/mol. The van der Waals surface area contributed by atoms with E-state index in [0.29, 0.717) is 13.1 Å². The SMILES string of the molecule is COC(=O)N1CCC(Oc2ccc(C)cc2)CC1. The fourth-order valence-corrected chi connectivity index (χ4v) is 2.09. The highest BCUT2D eigenvalue weighted by atomic mass is 16.5. The molecule has 0 atom stereocenters. The molecule has 18 heavy (non-hydrogen) atoms. The number of benzene rings is 1. The average molecular weight is 249 g/mol.